The molecule has 0 aliphatic carbocycles. The van der Waals surface area contributed by atoms with Crippen molar-refractivity contribution in [2.45, 2.75) is 25.8 Å². The minimum atomic E-state index is -1.04. The fraction of sp³-hybridized carbons (Fsp3) is 0.333. The van der Waals surface area contributed by atoms with Crippen molar-refractivity contribution in [3.63, 3.8) is 0 Å². The number of carbonyl (C=O) groups is 2. The highest BCUT2D eigenvalue weighted by Gasteiger charge is 2.14. The third-order valence-electron chi connectivity index (χ3n) is 2.37. The van der Waals surface area contributed by atoms with E-state index >= 15 is 0 Å². The van der Waals surface area contributed by atoms with Gasteiger partial charge in [-0.05, 0) is 18.6 Å². The third-order valence-corrected chi connectivity index (χ3v) is 2.37. The molecule has 7 heteroatoms. The minimum absolute atomic E-state index is 0.0415. The van der Waals surface area contributed by atoms with Gasteiger partial charge in [0.05, 0.1) is 6.42 Å². The van der Waals surface area contributed by atoms with Gasteiger partial charge in [-0.15, -0.1) is 0 Å². The SMILES string of the molecule is CCC(CC(=O)O)NC(=O)Nc1cc(F)cc(F)c1. The Balaban J connectivity index is 2.61. The summed E-state index contributed by atoms with van der Waals surface area (Å²) in [4.78, 5) is 22.1. The second kappa shape index (κ2) is 6.67. The Morgan fingerprint density at radius 2 is 1.84 bits per heavy atom. The maximum atomic E-state index is 12.9. The summed E-state index contributed by atoms with van der Waals surface area (Å²) in [6.07, 6.45) is 0.207. The zero-order chi connectivity index (χ0) is 14.4. The average Bonchev–Trinajstić information content (AvgIpc) is 2.25. The summed E-state index contributed by atoms with van der Waals surface area (Å²) in [5.74, 6) is -2.66. The molecule has 104 valence electrons. The van der Waals surface area contributed by atoms with Crippen LogP contribution in [0.5, 0.6) is 0 Å². The van der Waals surface area contributed by atoms with E-state index in [0.717, 1.165) is 12.1 Å². The number of amides is 2. The molecule has 0 spiro atoms. The van der Waals surface area contributed by atoms with E-state index in [1.165, 1.54) is 0 Å². The van der Waals surface area contributed by atoms with Crippen LogP contribution in [0.15, 0.2) is 18.2 Å². The van der Waals surface area contributed by atoms with E-state index in [1.807, 2.05) is 0 Å². The molecule has 1 rings (SSSR count). The van der Waals surface area contributed by atoms with E-state index in [-0.39, 0.29) is 12.1 Å². The van der Waals surface area contributed by atoms with Crippen molar-refractivity contribution in [3.8, 4) is 0 Å². The fourth-order valence-electron chi connectivity index (χ4n) is 1.49. The molecule has 0 bridgehead atoms. The van der Waals surface area contributed by atoms with Crippen LogP contribution < -0.4 is 10.6 Å². The average molecular weight is 272 g/mol. The van der Waals surface area contributed by atoms with Crippen LogP contribution in [0.4, 0.5) is 19.3 Å². The molecular weight excluding hydrogens is 258 g/mol. The Kier molecular flexibility index (Phi) is 5.23. The highest BCUT2D eigenvalue weighted by Crippen LogP contribution is 2.12. The van der Waals surface area contributed by atoms with Crippen molar-refractivity contribution in [1.82, 2.24) is 5.32 Å². The van der Waals surface area contributed by atoms with Crippen LogP contribution in [0, 0.1) is 11.6 Å². The van der Waals surface area contributed by atoms with E-state index in [1.54, 1.807) is 6.92 Å². The summed E-state index contributed by atoms with van der Waals surface area (Å²) in [6.45, 7) is 1.72. The summed E-state index contributed by atoms with van der Waals surface area (Å²) >= 11 is 0. The lowest BCUT2D eigenvalue weighted by Crippen LogP contribution is -2.38. The first-order chi connectivity index (χ1) is 8.90. The number of carboxylic acid groups (broad SMARTS) is 1. The van der Waals surface area contributed by atoms with E-state index in [2.05, 4.69) is 10.6 Å². The number of benzene rings is 1. The molecule has 0 saturated carbocycles. The van der Waals surface area contributed by atoms with Crippen LogP contribution in [-0.4, -0.2) is 23.1 Å². The Morgan fingerprint density at radius 1 is 1.26 bits per heavy atom. The smallest absolute Gasteiger partial charge is 0.319 e. The molecule has 1 unspecified atom stereocenters. The number of carboxylic acids is 1. The van der Waals surface area contributed by atoms with Gasteiger partial charge >= 0.3 is 12.0 Å². The number of hydrogen-bond donors (Lipinski definition) is 3. The summed E-state index contributed by atoms with van der Waals surface area (Å²) in [7, 11) is 0. The normalized spacial score (nSPS) is 11.7. The standard InChI is InChI=1S/C12H14F2N2O3/c1-2-9(6-11(17)18)15-12(19)16-10-4-7(13)3-8(14)5-10/h3-5,9H,2,6H2,1H3,(H,17,18)(H2,15,16,19). The Hall–Kier alpha value is -2.18. The molecule has 1 atom stereocenters. The summed E-state index contributed by atoms with van der Waals surface area (Å²) in [5, 5.41) is 13.3. The predicted octanol–water partition coefficient (Wildman–Crippen LogP) is 2.34. The third kappa shape index (κ3) is 5.33. The first kappa shape index (κ1) is 14.9. The van der Waals surface area contributed by atoms with Crippen molar-refractivity contribution in [3.05, 3.63) is 29.8 Å². The maximum absolute atomic E-state index is 12.9. The van der Waals surface area contributed by atoms with Gasteiger partial charge in [0.1, 0.15) is 11.6 Å². The van der Waals surface area contributed by atoms with Gasteiger partial charge in [0, 0.05) is 17.8 Å². The molecule has 0 heterocycles. The lowest BCUT2D eigenvalue weighted by Gasteiger charge is -2.15. The second-order valence-corrected chi connectivity index (χ2v) is 3.96. The molecule has 0 aliphatic heterocycles. The molecule has 2 amide bonds. The van der Waals surface area contributed by atoms with E-state index in [9.17, 15) is 18.4 Å². The molecule has 0 radical (unpaired) electrons. The second-order valence-electron chi connectivity index (χ2n) is 3.96. The van der Waals surface area contributed by atoms with Crippen molar-refractivity contribution < 1.29 is 23.5 Å². The van der Waals surface area contributed by atoms with Crippen LogP contribution in [-0.2, 0) is 4.79 Å². The summed E-state index contributed by atoms with van der Waals surface area (Å²) in [6, 6.07) is 1.35. The molecular formula is C12H14F2N2O3. The number of aliphatic carboxylic acids is 1. The molecule has 0 aromatic heterocycles. The quantitative estimate of drug-likeness (QED) is 0.769. The van der Waals surface area contributed by atoms with Crippen LogP contribution in [0.1, 0.15) is 19.8 Å². The number of nitrogens with one attached hydrogen (secondary N) is 2. The monoisotopic (exact) mass is 272 g/mol. The highest BCUT2D eigenvalue weighted by molar-refractivity contribution is 5.89. The largest absolute Gasteiger partial charge is 0.481 e. The Morgan fingerprint density at radius 3 is 2.32 bits per heavy atom. The van der Waals surface area contributed by atoms with Crippen molar-refractivity contribution in [1.29, 1.82) is 0 Å². The Bertz CT molecular complexity index is 460. The van der Waals surface area contributed by atoms with Gasteiger partial charge in [-0.3, -0.25) is 4.79 Å². The highest BCUT2D eigenvalue weighted by atomic mass is 19.1. The van der Waals surface area contributed by atoms with Gasteiger partial charge in [-0.25, -0.2) is 13.6 Å². The number of halogens is 2. The lowest BCUT2D eigenvalue weighted by atomic mass is 10.1. The summed E-state index contributed by atoms with van der Waals surface area (Å²) in [5.41, 5.74) is -0.0415. The van der Waals surface area contributed by atoms with Gasteiger partial charge in [-0.1, -0.05) is 6.92 Å². The van der Waals surface area contributed by atoms with Gasteiger partial charge < -0.3 is 15.7 Å². The molecule has 3 N–H and O–H groups in total. The lowest BCUT2D eigenvalue weighted by molar-refractivity contribution is -0.137. The zero-order valence-corrected chi connectivity index (χ0v) is 10.2. The van der Waals surface area contributed by atoms with Gasteiger partial charge in [0.2, 0.25) is 0 Å². The number of urea groups is 1. The number of hydrogen-bond acceptors (Lipinski definition) is 2. The molecule has 0 fully saturated rings. The zero-order valence-electron chi connectivity index (χ0n) is 10.2. The van der Waals surface area contributed by atoms with Crippen molar-refractivity contribution in [2.24, 2.45) is 0 Å². The van der Waals surface area contributed by atoms with E-state index in [4.69, 9.17) is 5.11 Å². The molecule has 0 saturated heterocycles. The minimum Gasteiger partial charge on any atom is -0.481 e. The number of carbonyl (C=O) groups excluding carboxylic acids is 1. The maximum Gasteiger partial charge on any atom is 0.319 e. The van der Waals surface area contributed by atoms with Gasteiger partial charge in [0.15, 0.2) is 0 Å². The van der Waals surface area contributed by atoms with Crippen LogP contribution in [0.25, 0.3) is 0 Å². The van der Waals surface area contributed by atoms with Crippen LogP contribution >= 0.6 is 0 Å². The first-order valence-electron chi connectivity index (χ1n) is 5.66. The van der Waals surface area contributed by atoms with Crippen molar-refractivity contribution >= 4 is 17.7 Å². The van der Waals surface area contributed by atoms with Crippen LogP contribution in [0.2, 0.25) is 0 Å². The first-order valence-corrected chi connectivity index (χ1v) is 5.66. The molecule has 1 aromatic carbocycles. The van der Waals surface area contributed by atoms with Crippen LogP contribution in [0.3, 0.4) is 0 Å². The topological polar surface area (TPSA) is 78.4 Å². The summed E-state index contributed by atoms with van der Waals surface area (Å²) < 4.78 is 25.8. The molecule has 1 aromatic rings. The Labute approximate surface area is 108 Å². The molecule has 19 heavy (non-hydrogen) atoms. The predicted molar refractivity (Wildman–Crippen MR) is 64.8 cm³/mol. The number of anilines is 1. The van der Waals surface area contributed by atoms with Gasteiger partial charge in [0.25, 0.3) is 0 Å². The molecule has 0 aliphatic rings. The van der Waals surface area contributed by atoms with E-state index in [0.29, 0.717) is 12.5 Å². The van der Waals surface area contributed by atoms with E-state index < -0.39 is 29.7 Å². The van der Waals surface area contributed by atoms with Crippen molar-refractivity contribution in [2.75, 3.05) is 5.32 Å². The fourth-order valence-corrected chi connectivity index (χ4v) is 1.49. The number of rotatable bonds is 5. The molecule has 5 nitrogen and oxygen atoms in total. The van der Waals surface area contributed by atoms with Gasteiger partial charge in [-0.2, -0.15) is 0 Å².